The lowest BCUT2D eigenvalue weighted by Gasteiger charge is -2.23. The average Bonchev–Trinajstić information content (AvgIpc) is 3.37. The number of carbonyl (C=O) groups excluding carboxylic acids is 2. The molecule has 4 rings (SSSR count). The number of Topliss-reactive ketones (excluding diaryl/α,β-unsaturated/α-hetero) is 1. The topological polar surface area (TPSA) is 105 Å². The molecule has 1 unspecified atom stereocenters. The van der Waals surface area contributed by atoms with E-state index in [0.29, 0.717) is 11.1 Å². The van der Waals surface area contributed by atoms with E-state index in [1.165, 1.54) is 11.1 Å². The third-order valence-corrected chi connectivity index (χ3v) is 8.52. The zero-order chi connectivity index (χ0) is 24.8. The smallest absolute Gasteiger partial charge is 0.301 e. The highest BCUT2D eigenvalue weighted by Gasteiger charge is 2.48. The van der Waals surface area contributed by atoms with E-state index in [0.717, 1.165) is 28.7 Å². The zero-order valence-electron chi connectivity index (χ0n) is 19.1. The summed E-state index contributed by atoms with van der Waals surface area (Å²) in [6, 6.07) is 13.5. The van der Waals surface area contributed by atoms with Gasteiger partial charge in [-0.25, -0.2) is 13.4 Å². The molecular weight excluding hydrogens is 472 g/mol. The molecule has 0 radical (unpaired) electrons. The van der Waals surface area contributed by atoms with Gasteiger partial charge in [-0.2, -0.15) is 0 Å². The summed E-state index contributed by atoms with van der Waals surface area (Å²) in [6.45, 7) is 6.02. The largest absolute Gasteiger partial charge is 0.507 e. The molecule has 0 aliphatic carbocycles. The van der Waals surface area contributed by atoms with E-state index < -0.39 is 27.6 Å². The second kappa shape index (κ2) is 8.81. The van der Waals surface area contributed by atoms with E-state index in [-0.39, 0.29) is 26.6 Å². The summed E-state index contributed by atoms with van der Waals surface area (Å²) in [5.41, 5.74) is 3.00. The van der Waals surface area contributed by atoms with Gasteiger partial charge in [0.1, 0.15) is 9.97 Å². The quantitative estimate of drug-likeness (QED) is 0.314. The van der Waals surface area contributed by atoms with Crippen molar-refractivity contribution in [3.05, 3.63) is 82.6 Å². The van der Waals surface area contributed by atoms with Crippen molar-refractivity contribution in [2.24, 2.45) is 0 Å². The number of aliphatic hydroxyl groups excluding tert-OH is 1. The highest BCUT2D eigenvalue weighted by atomic mass is 32.2. The molecule has 1 N–H and O–H groups in total. The maximum atomic E-state index is 13.2. The van der Waals surface area contributed by atoms with Crippen LogP contribution in [0.2, 0.25) is 0 Å². The SMILES string of the molecule is Cc1ccc(C(O)=C2C(=O)C(=O)N(c3ncc(S(C)(=O)=O)s3)C2c2ccc(C(C)C)cc2)cc1. The molecule has 1 saturated heterocycles. The van der Waals surface area contributed by atoms with Gasteiger partial charge in [0, 0.05) is 11.8 Å². The number of amides is 1. The number of aliphatic hydroxyl groups is 1. The minimum Gasteiger partial charge on any atom is -0.507 e. The number of hydrogen-bond donors (Lipinski definition) is 1. The van der Waals surface area contributed by atoms with Crippen molar-refractivity contribution in [3.8, 4) is 0 Å². The Hall–Kier alpha value is -3.30. The van der Waals surface area contributed by atoms with E-state index >= 15 is 0 Å². The van der Waals surface area contributed by atoms with Crippen LogP contribution in [-0.4, -0.2) is 36.5 Å². The molecular formula is C25H24N2O5S2. The summed E-state index contributed by atoms with van der Waals surface area (Å²) in [5.74, 6) is -1.74. The van der Waals surface area contributed by atoms with Crippen molar-refractivity contribution >= 4 is 43.8 Å². The summed E-state index contributed by atoms with van der Waals surface area (Å²) in [5, 5.41) is 11.2. The van der Waals surface area contributed by atoms with Crippen LogP contribution < -0.4 is 4.90 Å². The first kappa shape index (κ1) is 23.8. The van der Waals surface area contributed by atoms with Gasteiger partial charge in [0.05, 0.1) is 17.8 Å². The molecule has 176 valence electrons. The second-order valence-corrected chi connectivity index (χ2v) is 11.8. The van der Waals surface area contributed by atoms with Gasteiger partial charge in [0.25, 0.3) is 5.78 Å². The average molecular weight is 497 g/mol. The Balaban J connectivity index is 1.92. The summed E-state index contributed by atoms with van der Waals surface area (Å²) in [4.78, 5) is 31.7. The highest BCUT2D eigenvalue weighted by molar-refractivity contribution is 7.92. The third kappa shape index (κ3) is 4.28. The number of thiazole rings is 1. The van der Waals surface area contributed by atoms with Crippen LogP contribution in [-0.2, 0) is 19.4 Å². The Labute approximate surface area is 202 Å². The number of benzene rings is 2. The Morgan fingerprint density at radius 1 is 1.06 bits per heavy atom. The Morgan fingerprint density at radius 3 is 2.21 bits per heavy atom. The minimum atomic E-state index is -3.55. The molecule has 0 saturated carbocycles. The molecule has 3 aromatic rings. The molecule has 1 aliphatic rings. The van der Waals surface area contributed by atoms with Crippen molar-refractivity contribution in [2.45, 2.75) is 36.9 Å². The molecule has 7 nitrogen and oxygen atoms in total. The summed E-state index contributed by atoms with van der Waals surface area (Å²) >= 11 is 0.810. The number of carbonyl (C=O) groups is 2. The molecule has 0 bridgehead atoms. The number of aryl methyl sites for hydroxylation is 1. The lowest BCUT2D eigenvalue weighted by molar-refractivity contribution is -0.132. The van der Waals surface area contributed by atoms with Crippen molar-refractivity contribution < 1.29 is 23.1 Å². The van der Waals surface area contributed by atoms with Crippen LogP contribution in [0.5, 0.6) is 0 Å². The fourth-order valence-electron chi connectivity index (χ4n) is 3.81. The fraction of sp³-hybridized carbons (Fsp3) is 0.240. The number of ketones is 1. The number of sulfone groups is 1. The molecule has 34 heavy (non-hydrogen) atoms. The number of anilines is 1. The molecule has 9 heteroatoms. The van der Waals surface area contributed by atoms with Gasteiger partial charge in [-0.3, -0.25) is 14.5 Å². The number of aromatic nitrogens is 1. The maximum absolute atomic E-state index is 13.2. The number of hydrogen-bond acceptors (Lipinski definition) is 7. The maximum Gasteiger partial charge on any atom is 0.301 e. The Kier molecular flexibility index (Phi) is 6.18. The van der Waals surface area contributed by atoms with Crippen LogP contribution in [0.4, 0.5) is 5.13 Å². The van der Waals surface area contributed by atoms with Crippen LogP contribution in [0.15, 0.2) is 64.5 Å². The van der Waals surface area contributed by atoms with Crippen LogP contribution in [0.1, 0.15) is 48.1 Å². The minimum absolute atomic E-state index is 0.0168. The first-order valence-corrected chi connectivity index (χ1v) is 13.3. The third-order valence-electron chi connectivity index (χ3n) is 5.73. The number of nitrogens with zero attached hydrogens (tertiary/aromatic N) is 2. The first-order valence-electron chi connectivity index (χ1n) is 10.6. The van der Waals surface area contributed by atoms with Crippen LogP contribution in [0.25, 0.3) is 5.76 Å². The zero-order valence-corrected chi connectivity index (χ0v) is 20.8. The lowest BCUT2D eigenvalue weighted by Crippen LogP contribution is -2.29. The normalized spacial score (nSPS) is 18.1. The van der Waals surface area contributed by atoms with Gasteiger partial charge in [-0.05, 0) is 24.0 Å². The van der Waals surface area contributed by atoms with Crippen LogP contribution in [0.3, 0.4) is 0 Å². The Bertz CT molecular complexity index is 1400. The summed E-state index contributed by atoms with van der Waals surface area (Å²) < 4.78 is 24.0. The van der Waals surface area contributed by atoms with Crippen LogP contribution in [0, 0.1) is 6.92 Å². The standard InChI is InChI=1S/C25H24N2O5S2/c1-14(2)16-9-11-17(12-10-16)21-20(22(28)18-7-5-15(3)6-8-18)23(29)24(30)27(21)25-26-13-19(33-25)34(4,31)32/h5-14,21,28H,1-4H3. The molecule has 1 atom stereocenters. The summed E-state index contributed by atoms with van der Waals surface area (Å²) in [7, 11) is -3.55. The summed E-state index contributed by atoms with van der Waals surface area (Å²) in [6.07, 6.45) is 2.23. The number of rotatable bonds is 5. The van der Waals surface area contributed by atoms with Crippen molar-refractivity contribution in [2.75, 3.05) is 11.2 Å². The van der Waals surface area contributed by atoms with Crippen molar-refractivity contribution in [1.82, 2.24) is 4.98 Å². The van der Waals surface area contributed by atoms with E-state index in [1.54, 1.807) is 24.3 Å². The second-order valence-electron chi connectivity index (χ2n) is 8.59. The molecule has 1 fully saturated rings. The van der Waals surface area contributed by atoms with Crippen molar-refractivity contribution in [3.63, 3.8) is 0 Å². The van der Waals surface area contributed by atoms with E-state index in [2.05, 4.69) is 18.8 Å². The molecule has 2 aromatic carbocycles. The van der Waals surface area contributed by atoms with Gasteiger partial charge in [-0.1, -0.05) is 79.3 Å². The first-order chi connectivity index (χ1) is 16.0. The van der Waals surface area contributed by atoms with E-state index in [4.69, 9.17) is 0 Å². The van der Waals surface area contributed by atoms with E-state index in [9.17, 15) is 23.1 Å². The molecule has 1 amide bonds. The van der Waals surface area contributed by atoms with Gasteiger partial charge >= 0.3 is 5.91 Å². The van der Waals surface area contributed by atoms with Gasteiger partial charge in [0.2, 0.25) is 0 Å². The molecule has 1 aliphatic heterocycles. The van der Waals surface area contributed by atoms with Crippen molar-refractivity contribution in [1.29, 1.82) is 0 Å². The fourth-order valence-corrected chi connectivity index (χ4v) is 5.56. The van der Waals surface area contributed by atoms with E-state index in [1.807, 2.05) is 31.2 Å². The molecule has 2 heterocycles. The molecule has 0 spiro atoms. The van der Waals surface area contributed by atoms with Gasteiger partial charge in [0.15, 0.2) is 15.0 Å². The molecule has 1 aromatic heterocycles. The monoisotopic (exact) mass is 496 g/mol. The lowest BCUT2D eigenvalue weighted by atomic mass is 9.93. The predicted molar refractivity (Wildman–Crippen MR) is 132 cm³/mol. The Morgan fingerprint density at radius 2 is 1.68 bits per heavy atom. The van der Waals surface area contributed by atoms with Gasteiger partial charge in [-0.15, -0.1) is 0 Å². The highest BCUT2D eigenvalue weighted by Crippen LogP contribution is 2.44. The predicted octanol–water partition coefficient (Wildman–Crippen LogP) is 4.60. The van der Waals surface area contributed by atoms with Gasteiger partial charge < -0.3 is 5.11 Å². The van der Waals surface area contributed by atoms with Crippen LogP contribution >= 0.6 is 11.3 Å².